The van der Waals surface area contributed by atoms with Crippen molar-refractivity contribution in [3.8, 4) is 0 Å². The summed E-state index contributed by atoms with van der Waals surface area (Å²) in [5.41, 5.74) is 0.909. The quantitative estimate of drug-likeness (QED) is 0.668. The summed E-state index contributed by atoms with van der Waals surface area (Å²) in [7, 11) is 0. The highest BCUT2D eigenvalue weighted by molar-refractivity contribution is 6.07. The van der Waals surface area contributed by atoms with E-state index in [9.17, 15) is 9.59 Å². The van der Waals surface area contributed by atoms with Crippen molar-refractivity contribution in [2.45, 2.75) is 31.8 Å². The number of piperidine rings is 1. The van der Waals surface area contributed by atoms with E-state index in [0.29, 0.717) is 44.7 Å². The molecule has 0 aliphatic carbocycles. The molecule has 1 spiro atoms. The van der Waals surface area contributed by atoms with Crippen LogP contribution >= 0.6 is 0 Å². The molecule has 154 valence electrons. The number of nitrogens with one attached hydrogen (secondary N) is 1. The number of aromatic amines is 1. The first-order valence-electron chi connectivity index (χ1n) is 10.2. The monoisotopic (exact) mass is 405 g/mol. The first-order valence-corrected chi connectivity index (χ1v) is 10.2. The zero-order chi connectivity index (χ0) is 20.7. The molecule has 1 aromatic carbocycles. The summed E-state index contributed by atoms with van der Waals surface area (Å²) in [6.45, 7) is 3.91. The summed E-state index contributed by atoms with van der Waals surface area (Å²) in [4.78, 5) is 40.4. The summed E-state index contributed by atoms with van der Waals surface area (Å²) < 4.78 is 0. The van der Waals surface area contributed by atoms with Crippen LogP contribution in [0.4, 0.5) is 10.6 Å². The smallest absolute Gasteiger partial charge is 0.327 e. The summed E-state index contributed by atoms with van der Waals surface area (Å²) >= 11 is 0. The molecule has 2 aliphatic heterocycles. The van der Waals surface area contributed by atoms with Crippen LogP contribution in [0.1, 0.15) is 25.3 Å². The number of carbonyl (C=O) groups is 2. The summed E-state index contributed by atoms with van der Waals surface area (Å²) in [5.74, 6) is 0.726. The van der Waals surface area contributed by atoms with E-state index in [4.69, 9.17) is 0 Å². The van der Waals surface area contributed by atoms with Crippen LogP contribution in [0.3, 0.4) is 0 Å². The Bertz CT molecular complexity index is 1090. The van der Waals surface area contributed by atoms with Crippen LogP contribution in [0, 0.1) is 0 Å². The lowest BCUT2D eigenvalue weighted by Gasteiger charge is -2.42. The number of fused-ring (bicyclic) bond motifs is 1. The summed E-state index contributed by atoms with van der Waals surface area (Å²) in [6, 6.07) is 9.65. The van der Waals surface area contributed by atoms with Crippen molar-refractivity contribution in [1.82, 2.24) is 30.0 Å². The summed E-state index contributed by atoms with van der Waals surface area (Å²) in [6.07, 6.45) is 4.36. The number of amides is 3. The van der Waals surface area contributed by atoms with E-state index >= 15 is 0 Å². The van der Waals surface area contributed by atoms with Gasteiger partial charge in [-0.15, -0.1) is 0 Å². The van der Waals surface area contributed by atoms with Crippen molar-refractivity contribution in [3.05, 3.63) is 48.4 Å². The highest BCUT2D eigenvalue weighted by Crippen LogP contribution is 2.39. The third kappa shape index (κ3) is 2.72. The van der Waals surface area contributed by atoms with E-state index in [1.807, 2.05) is 37.3 Å². The fraction of sp³-hybridized carbons (Fsp3) is 0.381. The second kappa shape index (κ2) is 7.08. The molecule has 2 saturated heterocycles. The summed E-state index contributed by atoms with van der Waals surface area (Å²) in [5, 5.41) is 7.79. The highest BCUT2D eigenvalue weighted by atomic mass is 16.2. The molecule has 4 heterocycles. The van der Waals surface area contributed by atoms with Gasteiger partial charge in [0.2, 0.25) is 0 Å². The molecule has 0 saturated carbocycles. The van der Waals surface area contributed by atoms with Crippen molar-refractivity contribution in [2.75, 3.05) is 24.5 Å². The maximum atomic E-state index is 13.3. The molecule has 1 N–H and O–H groups in total. The van der Waals surface area contributed by atoms with Gasteiger partial charge >= 0.3 is 6.03 Å². The Labute approximate surface area is 173 Å². The van der Waals surface area contributed by atoms with Gasteiger partial charge in [-0.25, -0.2) is 14.8 Å². The highest BCUT2D eigenvalue weighted by Gasteiger charge is 2.57. The number of imide groups is 1. The number of benzene rings is 1. The Morgan fingerprint density at radius 2 is 1.87 bits per heavy atom. The van der Waals surface area contributed by atoms with Gasteiger partial charge in [-0.05, 0) is 25.3 Å². The fourth-order valence-corrected chi connectivity index (χ4v) is 4.62. The normalized spacial score (nSPS) is 18.8. The third-order valence-electron chi connectivity index (χ3n) is 6.24. The van der Waals surface area contributed by atoms with E-state index in [-0.39, 0.29) is 11.9 Å². The van der Waals surface area contributed by atoms with E-state index in [2.05, 4.69) is 25.1 Å². The maximum Gasteiger partial charge on any atom is 0.327 e. The van der Waals surface area contributed by atoms with Gasteiger partial charge in [0.25, 0.3) is 5.91 Å². The molecule has 0 radical (unpaired) electrons. The predicted molar refractivity (Wildman–Crippen MR) is 111 cm³/mol. The average molecular weight is 405 g/mol. The van der Waals surface area contributed by atoms with Gasteiger partial charge in [-0.2, -0.15) is 5.10 Å². The van der Waals surface area contributed by atoms with Gasteiger partial charge in [0.05, 0.1) is 11.6 Å². The lowest BCUT2D eigenvalue weighted by molar-refractivity contribution is -0.134. The third-order valence-corrected chi connectivity index (χ3v) is 6.24. The number of aromatic nitrogens is 4. The molecule has 0 atom stereocenters. The molecule has 2 fully saturated rings. The average Bonchev–Trinajstić information content (AvgIpc) is 3.33. The molecule has 3 aromatic rings. The number of likely N-dealkylation sites (N-methyl/N-ethyl adjacent to an activating group) is 1. The Morgan fingerprint density at radius 3 is 2.60 bits per heavy atom. The number of hydrogen-bond donors (Lipinski definition) is 1. The first-order chi connectivity index (χ1) is 14.6. The molecule has 2 aliphatic rings. The van der Waals surface area contributed by atoms with Crippen molar-refractivity contribution in [2.24, 2.45) is 0 Å². The van der Waals surface area contributed by atoms with Crippen LogP contribution in [0.15, 0.2) is 42.9 Å². The molecular formula is C21H23N7O2. The van der Waals surface area contributed by atoms with E-state index < -0.39 is 5.54 Å². The second-order valence-corrected chi connectivity index (χ2v) is 7.75. The maximum absolute atomic E-state index is 13.3. The minimum Gasteiger partial charge on any atom is -0.356 e. The minimum atomic E-state index is -0.804. The van der Waals surface area contributed by atoms with E-state index in [1.54, 1.807) is 11.1 Å². The number of urea groups is 1. The molecule has 30 heavy (non-hydrogen) atoms. The van der Waals surface area contributed by atoms with Crippen LogP contribution in [0.2, 0.25) is 0 Å². The topological polar surface area (TPSA) is 98.3 Å². The Kier molecular flexibility index (Phi) is 4.38. The molecule has 9 heteroatoms. The number of H-pyrrole nitrogens is 1. The molecular weight excluding hydrogens is 382 g/mol. The van der Waals surface area contributed by atoms with Crippen LogP contribution in [0.5, 0.6) is 0 Å². The lowest BCUT2D eigenvalue weighted by Crippen LogP contribution is -2.56. The van der Waals surface area contributed by atoms with Crippen molar-refractivity contribution >= 4 is 28.8 Å². The fourth-order valence-electron chi connectivity index (χ4n) is 4.62. The zero-order valence-electron chi connectivity index (χ0n) is 16.8. The lowest BCUT2D eigenvalue weighted by atomic mass is 9.85. The number of anilines is 1. The van der Waals surface area contributed by atoms with Crippen LogP contribution in [0.25, 0.3) is 11.0 Å². The van der Waals surface area contributed by atoms with Gasteiger partial charge in [-0.1, -0.05) is 30.3 Å². The number of rotatable bonds is 4. The second-order valence-electron chi connectivity index (χ2n) is 7.75. The van der Waals surface area contributed by atoms with E-state index in [1.165, 1.54) is 11.2 Å². The van der Waals surface area contributed by atoms with Crippen LogP contribution in [-0.4, -0.2) is 67.1 Å². The van der Waals surface area contributed by atoms with Crippen LogP contribution < -0.4 is 4.90 Å². The van der Waals surface area contributed by atoms with E-state index in [0.717, 1.165) is 16.8 Å². The first kappa shape index (κ1) is 18.5. The zero-order valence-corrected chi connectivity index (χ0v) is 16.8. The van der Waals surface area contributed by atoms with Crippen molar-refractivity contribution in [1.29, 1.82) is 0 Å². The molecule has 5 rings (SSSR count). The molecule has 9 nitrogen and oxygen atoms in total. The molecule has 0 unspecified atom stereocenters. The number of nitrogens with zero attached hydrogens (tertiary/aromatic N) is 6. The standard InChI is InChI=1S/C21H23N7O2/c1-2-27-19(29)21(28(20(27)30)13-15-6-4-3-5-7-15)8-10-26(11-9-21)18-16-12-24-25-17(16)22-14-23-18/h3-7,12,14H,2,8-11,13H2,1H3,(H,22,23,24,25). The van der Waals surface area contributed by atoms with Crippen molar-refractivity contribution in [3.63, 3.8) is 0 Å². The SMILES string of the molecule is CCN1C(=O)N(Cc2ccccc2)C2(CCN(c3ncnc4[nH]ncc34)CC2)C1=O. The Morgan fingerprint density at radius 1 is 1.10 bits per heavy atom. The molecule has 0 bridgehead atoms. The van der Waals surface area contributed by atoms with Gasteiger partial charge in [0.15, 0.2) is 5.65 Å². The predicted octanol–water partition coefficient (Wildman–Crippen LogP) is 2.18. The van der Waals surface area contributed by atoms with Gasteiger partial charge in [0.1, 0.15) is 17.7 Å². The Hall–Kier alpha value is -3.49. The minimum absolute atomic E-state index is 0.0817. The van der Waals surface area contributed by atoms with Crippen LogP contribution in [-0.2, 0) is 11.3 Å². The Balaban J connectivity index is 1.44. The van der Waals surface area contributed by atoms with Crippen molar-refractivity contribution < 1.29 is 9.59 Å². The van der Waals surface area contributed by atoms with Gasteiger partial charge < -0.3 is 9.80 Å². The van der Waals surface area contributed by atoms with Gasteiger partial charge in [0, 0.05) is 26.2 Å². The molecule has 2 aromatic heterocycles. The van der Waals surface area contributed by atoms with Gasteiger partial charge in [-0.3, -0.25) is 14.8 Å². The number of carbonyl (C=O) groups excluding carboxylic acids is 2. The largest absolute Gasteiger partial charge is 0.356 e. The number of hydrogen-bond acceptors (Lipinski definition) is 6. The molecule has 3 amide bonds.